The summed E-state index contributed by atoms with van der Waals surface area (Å²) in [6, 6.07) is 15.8. The van der Waals surface area contributed by atoms with E-state index in [0.717, 1.165) is 22.2 Å². The van der Waals surface area contributed by atoms with Crippen LogP contribution in [0.4, 0.5) is 0 Å². The van der Waals surface area contributed by atoms with Gasteiger partial charge in [0.25, 0.3) is 5.56 Å². The summed E-state index contributed by atoms with van der Waals surface area (Å²) in [6.45, 7) is 6.29. The van der Waals surface area contributed by atoms with Crippen LogP contribution in [0.3, 0.4) is 0 Å². The molecule has 0 atom stereocenters. The van der Waals surface area contributed by atoms with Gasteiger partial charge >= 0.3 is 0 Å². The number of hydrogen-bond acceptors (Lipinski definition) is 4. The van der Waals surface area contributed by atoms with Crippen LogP contribution in [0.5, 0.6) is 0 Å². The predicted molar refractivity (Wildman–Crippen MR) is 113 cm³/mol. The van der Waals surface area contributed by atoms with Crippen molar-refractivity contribution in [3.8, 4) is 5.69 Å². The molecule has 0 aliphatic carbocycles. The first-order valence-corrected chi connectivity index (χ1v) is 10.3. The SMILES string of the molecule is Cc1cccc2nc(CSc3nccn3-c3ccc(C(C)C)cc3)cc(=O)n12. The average molecular weight is 391 g/mol. The Kier molecular flexibility index (Phi) is 5.05. The van der Waals surface area contributed by atoms with Gasteiger partial charge in [-0.3, -0.25) is 13.8 Å². The molecule has 0 spiro atoms. The molecule has 0 saturated heterocycles. The molecule has 3 aromatic heterocycles. The third kappa shape index (κ3) is 3.60. The van der Waals surface area contributed by atoms with Crippen LogP contribution in [-0.4, -0.2) is 18.9 Å². The Morgan fingerprint density at radius 2 is 1.89 bits per heavy atom. The Hall–Kier alpha value is -2.86. The predicted octanol–water partition coefficient (Wildman–Crippen LogP) is 4.60. The minimum absolute atomic E-state index is 0.0497. The highest BCUT2D eigenvalue weighted by Gasteiger charge is 2.09. The van der Waals surface area contributed by atoms with Crippen molar-refractivity contribution in [3.63, 3.8) is 0 Å². The normalized spacial score (nSPS) is 11.4. The Labute approximate surface area is 168 Å². The van der Waals surface area contributed by atoms with Gasteiger partial charge in [-0.25, -0.2) is 9.97 Å². The molecule has 4 aromatic rings. The molecule has 1 aromatic carbocycles. The smallest absolute Gasteiger partial charge is 0.258 e. The molecule has 0 aliphatic rings. The quantitative estimate of drug-likeness (QED) is 0.467. The Morgan fingerprint density at radius 3 is 2.64 bits per heavy atom. The van der Waals surface area contributed by atoms with E-state index in [9.17, 15) is 4.79 Å². The first kappa shape index (κ1) is 18.5. The lowest BCUT2D eigenvalue weighted by Crippen LogP contribution is -2.17. The van der Waals surface area contributed by atoms with Crippen LogP contribution >= 0.6 is 11.8 Å². The second-order valence-electron chi connectivity index (χ2n) is 7.06. The second kappa shape index (κ2) is 7.64. The minimum Gasteiger partial charge on any atom is -0.295 e. The molecule has 4 rings (SSSR count). The van der Waals surface area contributed by atoms with E-state index in [-0.39, 0.29) is 5.56 Å². The zero-order chi connectivity index (χ0) is 19.7. The lowest BCUT2D eigenvalue weighted by Gasteiger charge is -2.10. The van der Waals surface area contributed by atoms with Crippen molar-refractivity contribution in [1.29, 1.82) is 0 Å². The van der Waals surface area contributed by atoms with Crippen LogP contribution in [0.1, 0.15) is 36.7 Å². The summed E-state index contributed by atoms with van der Waals surface area (Å²) >= 11 is 1.57. The lowest BCUT2D eigenvalue weighted by atomic mass is 10.0. The molecular weight excluding hydrogens is 368 g/mol. The largest absolute Gasteiger partial charge is 0.295 e. The molecule has 0 radical (unpaired) electrons. The van der Waals surface area contributed by atoms with Crippen LogP contribution < -0.4 is 5.56 Å². The summed E-state index contributed by atoms with van der Waals surface area (Å²) in [7, 11) is 0. The number of rotatable bonds is 5. The van der Waals surface area contributed by atoms with Gasteiger partial charge in [0.15, 0.2) is 5.16 Å². The van der Waals surface area contributed by atoms with E-state index in [1.165, 1.54) is 5.56 Å². The summed E-state index contributed by atoms with van der Waals surface area (Å²) < 4.78 is 3.69. The van der Waals surface area contributed by atoms with Gasteiger partial charge in [-0.15, -0.1) is 0 Å². The van der Waals surface area contributed by atoms with E-state index in [4.69, 9.17) is 0 Å². The fourth-order valence-electron chi connectivity index (χ4n) is 3.19. The van der Waals surface area contributed by atoms with E-state index < -0.39 is 0 Å². The fourth-order valence-corrected chi connectivity index (χ4v) is 4.05. The maximum atomic E-state index is 12.4. The third-order valence-corrected chi connectivity index (χ3v) is 5.73. The van der Waals surface area contributed by atoms with Crippen molar-refractivity contribution < 1.29 is 0 Å². The molecule has 28 heavy (non-hydrogen) atoms. The molecule has 142 valence electrons. The van der Waals surface area contributed by atoms with E-state index in [2.05, 4.69) is 52.6 Å². The average Bonchev–Trinajstić information content (AvgIpc) is 3.15. The highest BCUT2D eigenvalue weighted by atomic mass is 32.2. The van der Waals surface area contributed by atoms with Crippen molar-refractivity contribution in [2.45, 2.75) is 37.6 Å². The molecule has 6 heteroatoms. The van der Waals surface area contributed by atoms with Crippen LogP contribution in [0.2, 0.25) is 0 Å². The Balaban J connectivity index is 1.58. The van der Waals surface area contributed by atoms with Gasteiger partial charge in [-0.2, -0.15) is 0 Å². The Morgan fingerprint density at radius 1 is 1.11 bits per heavy atom. The monoisotopic (exact) mass is 390 g/mol. The van der Waals surface area contributed by atoms with Crippen molar-refractivity contribution >= 4 is 17.4 Å². The maximum Gasteiger partial charge on any atom is 0.258 e. The molecule has 5 nitrogen and oxygen atoms in total. The van der Waals surface area contributed by atoms with Gasteiger partial charge in [-0.1, -0.05) is 43.8 Å². The molecule has 0 saturated carbocycles. The highest BCUT2D eigenvalue weighted by Crippen LogP contribution is 2.24. The number of hydrogen-bond donors (Lipinski definition) is 0. The number of thioether (sulfide) groups is 1. The van der Waals surface area contributed by atoms with Crippen molar-refractivity contribution in [3.05, 3.63) is 88.2 Å². The standard InChI is InChI=1S/C22H22N4OS/c1-15(2)17-7-9-19(10-8-17)25-12-11-23-22(25)28-14-18-13-21(27)26-16(3)5-4-6-20(26)24-18/h4-13,15H,14H2,1-3H3. The third-order valence-electron chi connectivity index (χ3n) is 4.73. The summed E-state index contributed by atoms with van der Waals surface area (Å²) in [4.78, 5) is 21.6. The number of fused-ring (bicyclic) bond motifs is 1. The van der Waals surface area contributed by atoms with Gasteiger partial charge in [0.05, 0.1) is 5.69 Å². The number of aromatic nitrogens is 4. The fraction of sp³-hybridized carbons (Fsp3) is 0.227. The zero-order valence-corrected chi connectivity index (χ0v) is 17.0. The maximum absolute atomic E-state index is 12.4. The number of pyridine rings is 1. The van der Waals surface area contributed by atoms with Crippen LogP contribution in [0, 0.1) is 6.92 Å². The van der Waals surface area contributed by atoms with E-state index in [1.54, 1.807) is 28.4 Å². The highest BCUT2D eigenvalue weighted by molar-refractivity contribution is 7.98. The summed E-state index contributed by atoms with van der Waals surface area (Å²) in [5.74, 6) is 1.09. The number of benzene rings is 1. The van der Waals surface area contributed by atoms with Crippen LogP contribution in [0.15, 0.2) is 70.9 Å². The summed E-state index contributed by atoms with van der Waals surface area (Å²) in [5.41, 5.74) is 4.66. The molecule has 0 bridgehead atoms. The van der Waals surface area contributed by atoms with Crippen LogP contribution in [-0.2, 0) is 5.75 Å². The first-order chi connectivity index (χ1) is 13.5. The summed E-state index contributed by atoms with van der Waals surface area (Å²) in [5, 5.41) is 0.878. The lowest BCUT2D eigenvalue weighted by molar-refractivity contribution is 0.858. The molecule has 0 aliphatic heterocycles. The number of aryl methyl sites for hydroxylation is 1. The topological polar surface area (TPSA) is 52.2 Å². The van der Waals surface area contributed by atoms with Gasteiger partial charge in [0, 0.05) is 35.6 Å². The van der Waals surface area contributed by atoms with Gasteiger partial charge in [0.1, 0.15) is 5.65 Å². The first-order valence-electron chi connectivity index (χ1n) is 9.28. The molecule has 0 fully saturated rings. The van der Waals surface area contributed by atoms with Crippen molar-refractivity contribution in [2.24, 2.45) is 0 Å². The summed E-state index contributed by atoms with van der Waals surface area (Å²) in [6.07, 6.45) is 3.75. The van der Waals surface area contributed by atoms with E-state index in [0.29, 0.717) is 17.3 Å². The van der Waals surface area contributed by atoms with Crippen molar-refractivity contribution in [1.82, 2.24) is 18.9 Å². The van der Waals surface area contributed by atoms with Gasteiger partial charge < -0.3 is 0 Å². The number of nitrogens with zero attached hydrogens (tertiary/aromatic N) is 4. The molecule has 3 heterocycles. The van der Waals surface area contributed by atoms with E-state index >= 15 is 0 Å². The van der Waals surface area contributed by atoms with Gasteiger partial charge in [0.2, 0.25) is 0 Å². The Bertz CT molecular complexity index is 1180. The van der Waals surface area contributed by atoms with Gasteiger partial charge in [-0.05, 0) is 42.7 Å². The molecule has 0 amide bonds. The molecular formula is C22H22N4OS. The minimum atomic E-state index is -0.0497. The van der Waals surface area contributed by atoms with Crippen molar-refractivity contribution in [2.75, 3.05) is 0 Å². The number of imidazole rings is 1. The molecule has 0 N–H and O–H groups in total. The molecule has 0 unspecified atom stereocenters. The van der Waals surface area contributed by atoms with Crippen LogP contribution in [0.25, 0.3) is 11.3 Å². The zero-order valence-electron chi connectivity index (χ0n) is 16.2. The second-order valence-corrected chi connectivity index (χ2v) is 8.00. The van der Waals surface area contributed by atoms with E-state index in [1.807, 2.05) is 31.3 Å².